The number of nitrogens with one attached hydrogen (secondary N) is 1. The van der Waals surface area contributed by atoms with Crippen LogP contribution in [0.5, 0.6) is 5.88 Å². The molecule has 1 amide bonds. The number of likely N-dealkylation sites (tertiary alicyclic amines) is 1. The molecule has 4 heterocycles. The van der Waals surface area contributed by atoms with Crippen molar-refractivity contribution in [3.63, 3.8) is 0 Å². The zero-order valence-corrected chi connectivity index (χ0v) is 14.5. The number of hydrogen-bond donors (Lipinski definition) is 1. The van der Waals surface area contributed by atoms with Crippen LogP contribution in [-0.2, 0) is 6.18 Å². The lowest BCUT2D eigenvalue weighted by Gasteiger charge is -2.38. The van der Waals surface area contributed by atoms with E-state index in [9.17, 15) is 18.0 Å². The van der Waals surface area contributed by atoms with Crippen molar-refractivity contribution < 1.29 is 22.7 Å². The van der Waals surface area contributed by atoms with Crippen molar-refractivity contribution in [2.45, 2.75) is 12.3 Å². The zero-order valence-electron chi connectivity index (χ0n) is 13.7. The van der Waals surface area contributed by atoms with E-state index in [1.54, 1.807) is 6.07 Å². The van der Waals surface area contributed by atoms with Crippen molar-refractivity contribution in [1.29, 1.82) is 0 Å². The van der Waals surface area contributed by atoms with Crippen LogP contribution in [0.3, 0.4) is 0 Å². The molecule has 4 rings (SSSR count). The van der Waals surface area contributed by atoms with Gasteiger partial charge in [-0.05, 0) is 29.6 Å². The first-order chi connectivity index (χ1) is 12.9. The molecular weight excluding hydrogens is 381 g/mol. The van der Waals surface area contributed by atoms with Crippen molar-refractivity contribution in [3.8, 4) is 16.5 Å². The van der Waals surface area contributed by atoms with Crippen LogP contribution in [-0.4, -0.2) is 45.2 Å². The molecular formula is C17H13F3N4O2S. The Balaban J connectivity index is 1.38. The van der Waals surface area contributed by atoms with E-state index in [-0.39, 0.29) is 24.7 Å². The second kappa shape index (κ2) is 6.69. The van der Waals surface area contributed by atoms with Gasteiger partial charge >= 0.3 is 6.18 Å². The highest BCUT2D eigenvalue weighted by Gasteiger charge is 2.39. The summed E-state index contributed by atoms with van der Waals surface area (Å²) in [5.41, 5.74) is 0.0679. The maximum Gasteiger partial charge on any atom is 0.421 e. The molecule has 1 fully saturated rings. The highest BCUT2D eigenvalue weighted by atomic mass is 32.1. The van der Waals surface area contributed by atoms with Crippen molar-refractivity contribution in [2.24, 2.45) is 0 Å². The van der Waals surface area contributed by atoms with Gasteiger partial charge in [0.1, 0.15) is 11.7 Å². The number of carbonyl (C=O) groups excluding carboxylic acids is 1. The minimum Gasteiger partial charge on any atom is -0.470 e. The fourth-order valence-corrected chi connectivity index (χ4v) is 3.38. The standard InChI is InChI=1S/C17H13F3N4O2S/c18-17(19,20)11-3-1-5-21-15(11)26-10-8-24(9-10)16(25)13-7-12(22-23-13)14-4-2-6-27-14/h1-7,10H,8-9H2,(H,22,23). The second-order valence-electron chi connectivity index (χ2n) is 5.95. The van der Waals surface area contributed by atoms with E-state index in [1.807, 2.05) is 17.5 Å². The molecule has 0 aliphatic carbocycles. The summed E-state index contributed by atoms with van der Waals surface area (Å²) in [4.78, 5) is 18.5. The zero-order chi connectivity index (χ0) is 19.0. The van der Waals surface area contributed by atoms with Gasteiger partial charge in [0, 0.05) is 6.20 Å². The first-order valence-corrected chi connectivity index (χ1v) is 8.87. The molecule has 0 bridgehead atoms. The smallest absolute Gasteiger partial charge is 0.421 e. The number of amides is 1. The van der Waals surface area contributed by atoms with Crippen LogP contribution in [0.2, 0.25) is 0 Å². The summed E-state index contributed by atoms with van der Waals surface area (Å²) in [5, 5.41) is 8.75. The van der Waals surface area contributed by atoms with E-state index in [1.165, 1.54) is 28.5 Å². The predicted octanol–water partition coefficient (Wildman–Crippen LogP) is 3.46. The largest absolute Gasteiger partial charge is 0.470 e. The fourth-order valence-electron chi connectivity index (χ4n) is 2.69. The number of H-pyrrole nitrogens is 1. The molecule has 0 aromatic carbocycles. The van der Waals surface area contributed by atoms with Gasteiger partial charge in [-0.15, -0.1) is 11.3 Å². The Morgan fingerprint density at radius 2 is 2.11 bits per heavy atom. The van der Waals surface area contributed by atoms with Gasteiger partial charge in [-0.25, -0.2) is 4.98 Å². The Bertz CT molecular complexity index is 949. The minimum atomic E-state index is -4.55. The molecule has 3 aromatic rings. The lowest BCUT2D eigenvalue weighted by Crippen LogP contribution is -2.56. The van der Waals surface area contributed by atoms with Crippen LogP contribution in [0, 0.1) is 0 Å². The number of aromatic amines is 1. The van der Waals surface area contributed by atoms with E-state index >= 15 is 0 Å². The lowest BCUT2D eigenvalue weighted by atomic mass is 10.1. The van der Waals surface area contributed by atoms with Gasteiger partial charge in [0.25, 0.3) is 5.91 Å². The molecule has 0 radical (unpaired) electrons. The molecule has 3 aromatic heterocycles. The van der Waals surface area contributed by atoms with Gasteiger partial charge in [0.05, 0.1) is 23.7 Å². The molecule has 6 nitrogen and oxygen atoms in total. The molecule has 1 N–H and O–H groups in total. The number of carbonyl (C=O) groups is 1. The number of rotatable bonds is 4. The Morgan fingerprint density at radius 1 is 1.30 bits per heavy atom. The predicted molar refractivity (Wildman–Crippen MR) is 91.5 cm³/mol. The van der Waals surface area contributed by atoms with E-state index in [0.717, 1.165) is 16.6 Å². The van der Waals surface area contributed by atoms with Gasteiger partial charge in [0.15, 0.2) is 5.69 Å². The SMILES string of the molecule is O=C(c1cc(-c2cccs2)[nH]n1)N1CC(Oc2ncccc2C(F)(F)F)C1. The maximum absolute atomic E-state index is 13.0. The number of thiophene rings is 1. The van der Waals surface area contributed by atoms with Crippen molar-refractivity contribution in [1.82, 2.24) is 20.1 Å². The Hall–Kier alpha value is -2.88. The molecule has 0 atom stereocenters. The Morgan fingerprint density at radius 3 is 2.81 bits per heavy atom. The number of aromatic nitrogens is 3. The van der Waals surface area contributed by atoms with Gasteiger partial charge in [-0.2, -0.15) is 18.3 Å². The lowest BCUT2D eigenvalue weighted by molar-refractivity contribution is -0.140. The van der Waals surface area contributed by atoms with Crippen LogP contribution in [0.1, 0.15) is 16.1 Å². The Labute approximate surface area is 155 Å². The fraction of sp³-hybridized carbons (Fsp3) is 0.235. The average Bonchev–Trinajstić information content (AvgIpc) is 3.27. The number of nitrogens with zero attached hydrogens (tertiary/aromatic N) is 3. The van der Waals surface area contributed by atoms with E-state index < -0.39 is 23.7 Å². The summed E-state index contributed by atoms with van der Waals surface area (Å²) in [7, 11) is 0. The number of halogens is 3. The summed E-state index contributed by atoms with van der Waals surface area (Å²) < 4.78 is 44.2. The Kier molecular flexibility index (Phi) is 4.34. The highest BCUT2D eigenvalue weighted by Crippen LogP contribution is 2.35. The van der Waals surface area contributed by atoms with Gasteiger partial charge < -0.3 is 9.64 Å². The van der Waals surface area contributed by atoms with Gasteiger partial charge in [-0.3, -0.25) is 9.89 Å². The maximum atomic E-state index is 13.0. The summed E-state index contributed by atoms with van der Waals surface area (Å²) in [5.74, 6) is -0.771. The highest BCUT2D eigenvalue weighted by molar-refractivity contribution is 7.13. The third kappa shape index (κ3) is 3.52. The van der Waals surface area contributed by atoms with Crippen LogP contribution in [0.25, 0.3) is 10.6 Å². The minimum absolute atomic E-state index is 0.175. The van der Waals surface area contributed by atoms with Gasteiger partial charge in [-0.1, -0.05) is 6.07 Å². The summed E-state index contributed by atoms with van der Waals surface area (Å²) in [6, 6.07) is 7.58. The first kappa shape index (κ1) is 17.5. The monoisotopic (exact) mass is 394 g/mol. The van der Waals surface area contributed by atoms with Gasteiger partial charge in [0.2, 0.25) is 5.88 Å². The van der Waals surface area contributed by atoms with Crippen LogP contribution in [0.15, 0.2) is 41.9 Å². The van der Waals surface area contributed by atoms with Crippen LogP contribution < -0.4 is 4.74 Å². The van der Waals surface area contributed by atoms with Crippen molar-refractivity contribution in [3.05, 3.63) is 53.2 Å². The first-order valence-electron chi connectivity index (χ1n) is 7.99. The van der Waals surface area contributed by atoms with Crippen molar-refractivity contribution >= 4 is 17.2 Å². The molecule has 1 aliphatic rings. The number of alkyl halides is 3. The van der Waals surface area contributed by atoms with Crippen molar-refractivity contribution in [2.75, 3.05) is 13.1 Å². The van der Waals surface area contributed by atoms with E-state index in [0.29, 0.717) is 0 Å². The second-order valence-corrected chi connectivity index (χ2v) is 6.90. The molecule has 0 spiro atoms. The summed E-state index contributed by atoms with van der Waals surface area (Å²) in [6.45, 7) is 0.349. The average molecular weight is 394 g/mol. The number of ether oxygens (including phenoxy) is 1. The third-order valence-corrected chi connectivity index (χ3v) is 4.98. The van der Waals surface area contributed by atoms with E-state index in [2.05, 4.69) is 15.2 Å². The van der Waals surface area contributed by atoms with Crippen LogP contribution in [0.4, 0.5) is 13.2 Å². The molecule has 1 saturated heterocycles. The third-order valence-electron chi connectivity index (χ3n) is 4.07. The summed E-state index contributed by atoms with van der Waals surface area (Å²) >= 11 is 1.52. The van der Waals surface area contributed by atoms with Crippen LogP contribution >= 0.6 is 11.3 Å². The molecule has 0 unspecified atom stereocenters. The number of hydrogen-bond acceptors (Lipinski definition) is 5. The normalized spacial score (nSPS) is 14.9. The molecule has 0 saturated carbocycles. The van der Waals surface area contributed by atoms with E-state index in [4.69, 9.17) is 4.74 Å². The molecule has 1 aliphatic heterocycles. The topological polar surface area (TPSA) is 71.1 Å². The quantitative estimate of drug-likeness (QED) is 0.736. The number of pyridine rings is 1. The summed E-state index contributed by atoms with van der Waals surface area (Å²) in [6.07, 6.45) is -3.85. The molecule has 27 heavy (non-hydrogen) atoms. The molecule has 140 valence electrons. The molecule has 10 heteroatoms.